The number of benzene rings is 2. The molecule has 2 amide bonds. The van der Waals surface area contributed by atoms with Gasteiger partial charge in [0.2, 0.25) is 11.7 Å². The van der Waals surface area contributed by atoms with Gasteiger partial charge in [-0.15, -0.1) is 0 Å². The average Bonchev–Trinajstić information content (AvgIpc) is 2.75. The molecule has 29 heavy (non-hydrogen) atoms. The minimum Gasteiger partial charge on any atom is -0.493 e. The predicted octanol–water partition coefficient (Wildman–Crippen LogP) is 2.16. The molecule has 8 heteroatoms. The van der Waals surface area contributed by atoms with E-state index in [0.29, 0.717) is 35.2 Å². The molecule has 0 aliphatic heterocycles. The number of hydrogen-bond donors (Lipinski definition) is 2. The van der Waals surface area contributed by atoms with E-state index in [9.17, 15) is 9.59 Å². The smallest absolute Gasteiger partial charge is 0.255 e. The zero-order valence-electron chi connectivity index (χ0n) is 17.0. The summed E-state index contributed by atoms with van der Waals surface area (Å²) in [6.45, 7) is 2.36. The Morgan fingerprint density at radius 2 is 1.55 bits per heavy atom. The van der Waals surface area contributed by atoms with E-state index >= 15 is 0 Å². The molecule has 0 unspecified atom stereocenters. The van der Waals surface area contributed by atoms with Gasteiger partial charge in [-0.25, -0.2) is 0 Å². The highest BCUT2D eigenvalue weighted by Crippen LogP contribution is 2.38. The van der Waals surface area contributed by atoms with Crippen molar-refractivity contribution >= 4 is 11.8 Å². The Bertz CT molecular complexity index is 828. The molecule has 0 saturated heterocycles. The summed E-state index contributed by atoms with van der Waals surface area (Å²) in [7, 11) is 4.57. The van der Waals surface area contributed by atoms with Crippen molar-refractivity contribution < 1.29 is 28.5 Å². The number of rotatable bonds is 10. The Labute approximate surface area is 170 Å². The van der Waals surface area contributed by atoms with Crippen molar-refractivity contribution in [2.75, 3.05) is 34.5 Å². The van der Waals surface area contributed by atoms with Crippen molar-refractivity contribution in [3.8, 4) is 23.0 Å². The van der Waals surface area contributed by atoms with Crippen molar-refractivity contribution in [2.45, 2.75) is 13.5 Å². The quantitative estimate of drug-likeness (QED) is 0.632. The number of hydrogen-bond acceptors (Lipinski definition) is 6. The minimum atomic E-state index is -0.378. The van der Waals surface area contributed by atoms with Gasteiger partial charge in [0.15, 0.2) is 11.5 Å². The molecule has 0 heterocycles. The maximum Gasteiger partial charge on any atom is 0.255 e. The summed E-state index contributed by atoms with van der Waals surface area (Å²) in [6.07, 6.45) is 0. The molecule has 0 bridgehead atoms. The summed E-state index contributed by atoms with van der Waals surface area (Å²) in [4.78, 5) is 24.5. The van der Waals surface area contributed by atoms with Gasteiger partial charge in [-0.1, -0.05) is 12.1 Å². The van der Waals surface area contributed by atoms with Crippen LogP contribution in [0, 0.1) is 0 Å². The topological polar surface area (TPSA) is 95.1 Å². The summed E-state index contributed by atoms with van der Waals surface area (Å²) >= 11 is 0. The zero-order valence-corrected chi connectivity index (χ0v) is 17.0. The summed E-state index contributed by atoms with van der Waals surface area (Å²) in [5.41, 5.74) is 1.15. The van der Waals surface area contributed by atoms with E-state index < -0.39 is 0 Å². The van der Waals surface area contributed by atoms with E-state index in [1.807, 2.05) is 6.92 Å². The highest BCUT2D eigenvalue weighted by molar-refractivity contribution is 5.98. The van der Waals surface area contributed by atoms with Gasteiger partial charge in [0.1, 0.15) is 5.75 Å². The van der Waals surface area contributed by atoms with Crippen LogP contribution >= 0.6 is 0 Å². The fourth-order valence-corrected chi connectivity index (χ4v) is 2.69. The molecule has 2 aromatic rings. The van der Waals surface area contributed by atoms with Crippen LogP contribution in [0.15, 0.2) is 36.4 Å². The monoisotopic (exact) mass is 402 g/mol. The molecule has 0 fully saturated rings. The molecule has 0 aliphatic rings. The Kier molecular flexibility index (Phi) is 8.14. The van der Waals surface area contributed by atoms with Crippen molar-refractivity contribution in [1.29, 1.82) is 0 Å². The second-order valence-electron chi connectivity index (χ2n) is 5.92. The van der Waals surface area contributed by atoms with Crippen LogP contribution in [-0.2, 0) is 11.3 Å². The fraction of sp³-hybridized carbons (Fsp3) is 0.333. The Balaban J connectivity index is 1.94. The molecule has 8 nitrogen and oxygen atoms in total. The van der Waals surface area contributed by atoms with Gasteiger partial charge in [-0.3, -0.25) is 9.59 Å². The van der Waals surface area contributed by atoms with Crippen LogP contribution in [0.25, 0.3) is 0 Å². The van der Waals surface area contributed by atoms with Gasteiger partial charge >= 0.3 is 0 Å². The van der Waals surface area contributed by atoms with Gasteiger partial charge < -0.3 is 29.6 Å². The second kappa shape index (κ2) is 10.8. The van der Waals surface area contributed by atoms with Crippen molar-refractivity contribution in [2.24, 2.45) is 0 Å². The first-order valence-electron chi connectivity index (χ1n) is 9.09. The van der Waals surface area contributed by atoms with Crippen LogP contribution in [-0.4, -0.2) is 46.3 Å². The molecule has 2 aromatic carbocycles. The Morgan fingerprint density at radius 1 is 0.897 bits per heavy atom. The summed E-state index contributed by atoms with van der Waals surface area (Å²) in [6, 6.07) is 10.4. The van der Waals surface area contributed by atoms with E-state index in [4.69, 9.17) is 18.9 Å². The number of carbonyl (C=O) groups excluding carboxylic acids is 2. The van der Waals surface area contributed by atoms with Crippen molar-refractivity contribution in [3.63, 3.8) is 0 Å². The third-order valence-electron chi connectivity index (χ3n) is 4.06. The largest absolute Gasteiger partial charge is 0.493 e. The van der Waals surface area contributed by atoms with Crippen molar-refractivity contribution in [3.05, 3.63) is 47.5 Å². The predicted molar refractivity (Wildman–Crippen MR) is 108 cm³/mol. The Morgan fingerprint density at radius 3 is 2.14 bits per heavy atom. The van der Waals surface area contributed by atoms with Crippen LogP contribution in [0.2, 0.25) is 0 Å². The summed E-state index contributed by atoms with van der Waals surface area (Å²) < 4.78 is 21.3. The second-order valence-corrected chi connectivity index (χ2v) is 5.92. The number of para-hydroxylation sites is 1. The van der Waals surface area contributed by atoms with Gasteiger partial charge in [-0.05, 0) is 36.8 Å². The maximum absolute atomic E-state index is 12.3. The van der Waals surface area contributed by atoms with Gasteiger partial charge in [0.05, 0.1) is 40.0 Å². The average molecular weight is 402 g/mol. The number of methoxy groups -OCH3 is 3. The lowest BCUT2D eigenvalue weighted by Gasteiger charge is -2.14. The van der Waals surface area contributed by atoms with Crippen LogP contribution in [0.4, 0.5) is 0 Å². The highest BCUT2D eigenvalue weighted by atomic mass is 16.5. The van der Waals surface area contributed by atoms with Crippen LogP contribution in [0.3, 0.4) is 0 Å². The molecule has 0 radical (unpaired) electrons. The molecule has 2 rings (SSSR count). The number of nitrogens with one attached hydrogen (secondary N) is 2. The lowest BCUT2D eigenvalue weighted by Crippen LogP contribution is -2.36. The SMILES string of the molecule is CCOc1ccccc1C(=O)NCC(=O)NCc1cc(OC)c(OC)c(OC)c1. The minimum absolute atomic E-state index is 0.163. The summed E-state index contributed by atoms with van der Waals surface area (Å²) in [5.74, 6) is 1.24. The normalized spacial score (nSPS) is 10.1. The van der Waals surface area contributed by atoms with Crippen LogP contribution < -0.4 is 29.6 Å². The highest BCUT2D eigenvalue weighted by Gasteiger charge is 2.15. The molecular formula is C21H26N2O6. The van der Waals surface area contributed by atoms with Crippen LogP contribution in [0.5, 0.6) is 23.0 Å². The molecule has 0 aromatic heterocycles. The van der Waals surface area contributed by atoms with Gasteiger partial charge in [-0.2, -0.15) is 0 Å². The first-order valence-corrected chi connectivity index (χ1v) is 9.09. The van der Waals surface area contributed by atoms with E-state index in [0.717, 1.165) is 5.56 Å². The van der Waals surface area contributed by atoms with Crippen LogP contribution in [0.1, 0.15) is 22.8 Å². The number of ether oxygens (including phenoxy) is 4. The Hall–Kier alpha value is -3.42. The molecular weight excluding hydrogens is 376 g/mol. The van der Waals surface area contributed by atoms with E-state index in [1.54, 1.807) is 36.4 Å². The molecule has 0 atom stereocenters. The first-order chi connectivity index (χ1) is 14.0. The molecule has 0 saturated carbocycles. The van der Waals surface area contributed by atoms with E-state index in [2.05, 4.69) is 10.6 Å². The standard InChI is InChI=1S/C21H26N2O6/c1-5-29-16-9-7-6-8-15(16)21(25)23-13-19(24)22-12-14-10-17(26-2)20(28-4)18(11-14)27-3/h6-11H,5,12-13H2,1-4H3,(H,22,24)(H,23,25). The molecule has 156 valence electrons. The summed E-state index contributed by atoms with van der Waals surface area (Å²) in [5, 5.41) is 5.35. The fourth-order valence-electron chi connectivity index (χ4n) is 2.69. The third kappa shape index (κ3) is 5.78. The van der Waals surface area contributed by atoms with E-state index in [1.165, 1.54) is 21.3 Å². The number of carbonyl (C=O) groups is 2. The van der Waals surface area contributed by atoms with Gasteiger partial charge in [0, 0.05) is 6.54 Å². The third-order valence-corrected chi connectivity index (χ3v) is 4.06. The van der Waals surface area contributed by atoms with Gasteiger partial charge in [0.25, 0.3) is 5.91 Å². The lowest BCUT2D eigenvalue weighted by molar-refractivity contribution is -0.120. The van der Waals surface area contributed by atoms with Crippen molar-refractivity contribution in [1.82, 2.24) is 10.6 Å². The first kappa shape index (κ1) is 21.9. The molecule has 2 N–H and O–H groups in total. The number of amides is 2. The maximum atomic E-state index is 12.3. The molecule has 0 aliphatic carbocycles. The zero-order chi connectivity index (χ0) is 21.2. The van der Waals surface area contributed by atoms with E-state index in [-0.39, 0.29) is 24.9 Å². The lowest BCUT2D eigenvalue weighted by atomic mass is 10.1. The molecule has 0 spiro atoms.